The van der Waals surface area contributed by atoms with Crippen molar-refractivity contribution in [2.75, 3.05) is 13.2 Å². The maximum atomic E-state index is 13.2. The molecule has 15 heavy (non-hydrogen) atoms. The fourth-order valence-electron chi connectivity index (χ4n) is 1.41. The van der Waals surface area contributed by atoms with Crippen molar-refractivity contribution in [1.29, 1.82) is 0 Å². The molecule has 0 saturated carbocycles. The first-order valence-corrected chi connectivity index (χ1v) is 5.38. The van der Waals surface area contributed by atoms with E-state index in [0.29, 0.717) is 13.2 Å². The van der Waals surface area contributed by atoms with Gasteiger partial charge in [0, 0.05) is 0 Å². The molecule has 0 unspecified atom stereocenters. The van der Waals surface area contributed by atoms with Gasteiger partial charge in [-0.1, -0.05) is 6.07 Å². The van der Waals surface area contributed by atoms with Crippen LogP contribution in [0.4, 0.5) is 4.39 Å². The van der Waals surface area contributed by atoms with Gasteiger partial charge in [0.2, 0.25) is 0 Å². The van der Waals surface area contributed by atoms with Gasteiger partial charge in [0.25, 0.3) is 5.91 Å². The lowest BCUT2D eigenvalue weighted by Crippen LogP contribution is -2.26. The third-order valence-corrected chi connectivity index (χ3v) is 2.97. The zero-order valence-electron chi connectivity index (χ0n) is 7.87. The highest BCUT2D eigenvalue weighted by Gasteiger charge is 2.23. The second-order valence-electron chi connectivity index (χ2n) is 3.20. The molecule has 1 aliphatic rings. The van der Waals surface area contributed by atoms with Gasteiger partial charge in [0.15, 0.2) is 0 Å². The van der Waals surface area contributed by atoms with Crippen molar-refractivity contribution in [1.82, 2.24) is 5.06 Å². The minimum Gasteiger partial charge on any atom is -0.271 e. The molecule has 1 amide bonds. The van der Waals surface area contributed by atoms with E-state index in [0.717, 1.165) is 6.42 Å². The first-order chi connectivity index (χ1) is 7.20. The van der Waals surface area contributed by atoms with Gasteiger partial charge in [-0.3, -0.25) is 9.63 Å². The largest absolute Gasteiger partial charge is 0.278 e. The maximum Gasteiger partial charge on any atom is 0.278 e. The van der Waals surface area contributed by atoms with Gasteiger partial charge in [-0.25, -0.2) is 9.45 Å². The van der Waals surface area contributed by atoms with E-state index in [2.05, 4.69) is 15.9 Å². The standard InChI is InChI=1S/C10H9BrFNO2/c11-9-7(3-1-4-8(9)12)10(14)13-5-2-6-15-13/h1,3-4H,2,5-6H2. The number of benzene rings is 1. The van der Waals surface area contributed by atoms with E-state index in [4.69, 9.17) is 4.84 Å². The van der Waals surface area contributed by atoms with E-state index >= 15 is 0 Å². The van der Waals surface area contributed by atoms with Crippen LogP contribution in [0.5, 0.6) is 0 Å². The summed E-state index contributed by atoms with van der Waals surface area (Å²) in [5, 5.41) is 1.26. The number of nitrogens with zero attached hydrogens (tertiary/aromatic N) is 1. The van der Waals surface area contributed by atoms with Gasteiger partial charge in [0.05, 0.1) is 23.2 Å². The minimum absolute atomic E-state index is 0.186. The number of hydroxylamine groups is 2. The van der Waals surface area contributed by atoms with Crippen molar-refractivity contribution in [3.05, 3.63) is 34.1 Å². The Balaban J connectivity index is 2.28. The second kappa shape index (κ2) is 4.28. The van der Waals surface area contributed by atoms with Gasteiger partial charge in [-0.2, -0.15) is 0 Å². The molecule has 5 heteroatoms. The molecule has 2 rings (SSSR count). The van der Waals surface area contributed by atoms with Crippen molar-refractivity contribution in [3.8, 4) is 0 Å². The highest BCUT2D eigenvalue weighted by molar-refractivity contribution is 9.10. The number of carbonyl (C=O) groups is 1. The molecule has 0 radical (unpaired) electrons. The van der Waals surface area contributed by atoms with Crippen molar-refractivity contribution < 1.29 is 14.0 Å². The molecule has 0 aromatic heterocycles. The highest BCUT2D eigenvalue weighted by atomic mass is 79.9. The molecule has 0 N–H and O–H groups in total. The molecular weight excluding hydrogens is 265 g/mol. The topological polar surface area (TPSA) is 29.5 Å². The quantitative estimate of drug-likeness (QED) is 0.786. The summed E-state index contributed by atoms with van der Waals surface area (Å²) >= 11 is 3.05. The monoisotopic (exact) mass is 273 g/mol. The van der Waals surface area contributed by atoms with Crippen molar-refractivity contribution in [2.45, 2.75) is 6.42 Å². The lowest BCUT2D eigenvalue weighted by Gasteiger charge is -2.14. The van der Waals surface area contributed by atoms with Gasteiger partial charge in [0.1, 0.15) is 5.82 Å². The molecule has 3 nitrogen and oxygen atoms in total. The van der Waals surface area contributed by atoms with Crippen molar-refractivity contribution in [2.24, 2.45) is 0 Å². The Labute approximate surface area is 94.9 Å². The molecule has 1 saturated heterocycles. The van der Waals surface area contributed by atoms with Crippen LogP contribution in [-0.2, 0) is 4.84 Å². The summed E-state index contributed by atoms with van der Waals surface area (Å²) in [4.78, 5) is 16.9. The van der Waals surface area contributed by atoms with E-state index in [9.17, 15) is 9.18 Å². The van der Waals surface area contributed by atoms with Crippen LogP contribution in [0.1, 0.15) is 16.8 Å². The summed E-state index contributed by atoms with van der Waals surface area (Å²) in [6.07, 6.45) is 0.818. The molecular formula is C10H9BrFNO2. The number of rotatable bonds is 1. The average Bonchev–Trinajstić information content (AvgIpc) is 2.74. The Hall–Kier alpha value is -0.940. The van der Waals surface area contributed by atoms with Crippen LogP contribution >= 0.6 is 15.9 Å². The number of hydrogen-bond acceptors (Lipinski definition) is 2. The fraction of sp³-hybridized carbons (Fsp3) is 0.300. The van der Waals surface area contributed by atoms with Crippen LogP contribution < -0.4 is 0 Å². The zero-order chi connectivity index (χ0) is 10.8. The van der Waals surface area contributed by atoms with E-state index in [1.165, 1.54) is 17.2 Å². The Morgan fingerprint density at radius 3 is 3.00 bits per heavy atom. The van der Waals surface area contributed by atoms with Gasteiger partial charge in [-0.05, 0) is 34.5 Å². The number of carbonyl (C=O) groups excluding carboxylic acids is 1. The molecule has 1 aliphatic heterocycles. The fourth-order valence-corrected chi connectivity index (χ4v) is 1.84. The molecule has 1 aromatic rings. The predicted molar refractivity (Wildman–Crippen MR) is 55.7 cm³/mol. The number of halogens is 2. The Kier molecular flexibility index (Phi) is 3.02. The lowest BCUT2D eigenvalue weighted by molar-refractivity contribution is -0.0769. The normalized spacial score (nSPS) is 15.7. The van der Waals surface area contributed by atoms with E-state index < -0.39 is 5.82 Å². The molecule has 0 aliphatic carbocycles. The molecule has 1 aromatic carbocycles. The second-order valence-corrected chi connectivity index (χ2v) is 3.99. The lowest BCUT2D eigenvalue weighted by atomic mass is 10.2. The van der Waals surface area contributed by atoms with Crippen LogP contribution in [0.2, 0.25) is 0 Å². The third kappa shape index (κ3) is 2.03. The maximum absolute atomic E-state index is 13.2. The van der Waals surface area contributed by atoms with Crippen LogP contribution in [0.25, 0.3) is 0 Å². The molecule has 1 fully saturated rings. The van der Waals surface area contributed by atoms with E-state index in [-0.39, 0.29) is 15.9 Å². The summed E-state index contributed by atoms with van der Waals surface area (Å²) in [5.41, 5.74) is 0.289. The van der Waals surface area contributed by atoms with Crippen LogP contribution in [0.3, 0.4) is 0 Å². The van der Waals surface area contributed by atoms with Crippen molar-refractivity contribution in [3.63, 3.8) is 0 Å². The smallest absolute Gasteiger partial charge is 0.271 e. The molecule has 80 valence electrons. The number of hydrogen-bond donors (Lipinski definition) is 0. The first-order valence-electron chi connectivity index (χ1n) is 4.59. The Morgan fingerprint density at radius 1 is 1.53 bits per heavy atom. The van der Waals surface area contributed by atoms with E-state index in [1.807, 2.05) is 0 Å². The molecule has 0 spiro atoms. The van der Waals surface area contributed by atoms with Crippen LogP contribution in [-0.4, -0.2) is 24.1 Å². The Morgan fingerprint density at radius 2 is 2.33 bits per heavy atom. The van der Waals surface area contributed by atoms with Gasteiger partial charge >= 0.3 is 0 Å². The number of amides is 1. The summed E-state index contributed by atoms with van der Waals surface area (Å²) in [6.45, 7) is 1.10. The van der Waals surface area contributed by atoms with Crippen LogP contribution in [0, 0.1) is 5.82 Å². The zero-order valence-corrected chi connectivity index (χ0v) is 9.46. The third-order valence-electron chi connectivity index (χ3n) is 2.16. The van der Waals surface area contributed by atoms with Crippen molar-refractivity contribution >= 4 is 21.8 Å². The summed E-state index contributed by atoms with van der Waals surface area (Å²) in [6, 6.07) is 4.37. The predicted octanol–water partition coefficient (Wildman–Crippen LogP) is 2.37. The Bertz CT molecular complexity index is 391. The molecule has 0 atom stereocenters. The summed E-state index contributed by atoms with van der Waals surface area (Å²) < 4.78 is 13.4. The van der Waals surface area contributed by atoms with Gasteiger partial charge < -0.3 is 0 Å². The average molecular weight is 274 g/mol. The molecule has 1 heterocycles. The minimum atomic E-state index is -0.444. The summed E-state index contributed by atoms with van der Waals surface area (Å²) in [5.74, 6) is -0.751. The molecule has 0 bridgehead atoms. The van der Waals surface area contributed by atoms with Crippen LogP contribution in [0.15, 0.2) is 22.7 Å². The van der Waals surface area contributed by atoms with E-state index in [1.54, 1.807) is 6.07 Å². The van der Waals surface area contributed by atoms with Gasteiger partial charge in [-0.15, -0.1) is 0 Å². The SMILES string of the molecule is O=C(c1cccc(F)c1Br)N1CCCO1. The summed E-state index contributed by atoms with van der Waals surface area (Å²) in [7, 11) is 0. The first kappa shape index (κ1) is 10.6. The highest BCUT2D eigenvalue weighted by Crippen LogP contribution is 2.22.